The molecule has 0 aliphatic carbocycles. The maximum absolute atomic E-state index is 12.8. The Morgan fingerprint density at radius 3 is 2.35 bits per heavy atom. The van der Waals surface area contributed by atoms with E-state index in [9.17, 15) is 14.4 Å². The number of fused-ring (bicyclic) bond motifs is 2. The molecule has 0 saturated heterocycles. The van der Waals surface area contributed by atoms with Crippen molar-refractivity contribution >= 4 is 28.2 Å². The standard InChI is InChI=1S/C17H13NO5/c1-22-16(20)11-4-3-10-5-6-18-9-12(17(21)23-2)8-14(18)15(19)13(10)7-11/h3-9H,1-2H3. The van der Waals surface area contributed by atoms with Crippen molar-refractivity contribution in [2.24, 2.45) is 0 Å². The van der Waals surface area contributed by atoms with Gasteiger partial charge in [0.2, 0.25) is 5.43 Å². The van der Waals surface area contributed by atoms with Crippen molar-refractivity contribution in [1.82, 2.24) is 4.40 Å². The lowest BCUT2D eigenvalue weighted by Gasteiger charge is -1.99. The fourth-order valence-electron chi connectivity index (χ4n) is 2.46. The van der Waals surface area contributed by atoms with Crippen molar-refractivity contribution in [3.8, 4) is 0 Å². The average molecular weight is 311 g/mol. The Balaban J connectivity index is 2.34. The van der Waals surface area contributed by atoms with Gasteiger partial charge in [0.25, 0.3) is 0 Å². The summed E-state index contributed by atoms with van der Waals surface area (Å²) < 4.78 is 10.9. The van der Waals surface area contributed by atoms with Crippen molar-refractivity contribution in [2.45, 2.75) is 0 Å². The highest BCUT2D eigenvalue weighted by Crippen LogP contribution is 2.15. The van der Waals surface area contributed by atoms with Gasteiger partial charge in [-0.05, 0) is 29.7 Å². The molecule has 1 aromatic carbocycles. The van der Waals surface area contributed by atoms with E-state index in [1.807, 2.05) is 0 Å². The third-order valence-electron chi connectivity index (χ3n) is 3.64. The molecular weight excluding hydrogens is 298 g/mol. The molecule has 0 N–H and O–H groups in total. The summed E-state index contributed by atoms with van der Waals surface area (Å²) in [6, 6.07) is 7.99. The molecule has 0 spiro atoms. The van der Waals surface area contributed by atoms with E-state index in [2.05, 4.69) is 9.47 Å². The predicted molar refractivity (Wildman–Crippen MR) is 83.9 cm³/mol. The Morgan fingerprint density at radius 2 is 1.65 bits per heavy atom. The average Bonchev–Trinajstić information content (AvgIpc) is 2.97. The van der Waals surface area contributed by atoms with Crippen LogP contribution in [0.1, 0.15) is 20.7 Å². The van der Waals surface area contributed by atoms with Crippen LogP contribution in [-0.4, -0.2) is 30.6 Å². The molecule has 0 saturated carbocycles. The number of benzene rings is 1. The van der Waals surface area contributed by atoms with Crippen LogP contribution < -0.4 is 5.43 Å². The van der Waals surface area contributed by atoms with Gasteiger partial charge in [-0.2, -0.15) is 0 Å². The van der Waals surface area contributed by atoms with Gasteiger partial charge < -0.3 is 13.9 Å². The van der Waals surface area contributed by atoms with Gasteiger partial charge in [0.15, 0.2) is 0 Å². The first-order valence-electron chi connectivity index (χ1n) is 6.80. The van der Waals surface area contributed by atoms with Crippen LogP contribution in [0.25, 0.3) is 16.3 Å². The number of hydrogen-bond donors (Lipinski definition) is 0. The molecule has 0 aliphatic rings. The molecule has 0 atom stereocenters. The zero-order chi connectivity index (χ0) is 16.6. The molecule has 0 bridgehead atoms. The number of esters is 2. The first kappa shape index (κ1) is 14.8. The molecular formula is C17H13NO5. The van der Waals surface area contributed by atoms with E-state index in [1.165, 1.54) is 32.5 Å². The molecule has 0 unspecified atom stereocenters. The van der Waals surface area contributed by atoms with E-state index in [1.54, 1.807) is 28.8 Å². The molecule has 6 heteroatoms. The Labute approximate surface area is 130 Å². The van der Waals surface area contributed by atoms with Gasteiger partial charge in [-0.1, -0.05) is 6.07 Å². The van der Waals surface area contributed by atoms with Crippen LogP contribution in [-0.2, 0) is 9.47 Å². The van der Waals surface area contributed by atoms with E-state index in [0.717, 1.165) is 0 Å². The van der Waals surface area contributed by atoms with E-state index >= 15 is 0 Å². The minimum absolute atomic E-state index is 0.285. The fourth-order valence-corrected chi connectivity index (χ4v) is 2.46. The monoisotopic (exact) mass is 311 g/mol. The lowest BCUT2D eigenvalue weighted by atomic mass is 10.1. The molecule has 6 nitrogen and oxygen atoms in total. The number of rotatable bonds is 2. The van der Waals surface area contributed by atoms with Crippen LogP contribution in [0.3, 0.4) is 0 Å². The SMILES string of the molecule is COC(=O)c1ccc2ccn3cc(C(=O)OC)cc3c(=O)c2c1. The van der Waals surface area contributed by atoms with E-state index in [4.69, 9.17) is 0 Å². The molecule has 2 aromatic heterocycles. The van der Waals surface area contributed by atoms with E-state index in [-0.39, 0.29) is 11.0 Å². The number of carbonyl (C=O) groups excluding carboxylic acids is 2. The van der Waals surface area contributed by atoms with Crippen molar-refractivity contribution in [2.75, 3.05) is 14.2 Å². The maximum Gasteiger partial charge on any atom is 0.339 e. The van der Waals surface area contributed by atoms with Crippen LogP contribution in [0, 0.1) is 0 Å². The molecule has 3 rings (SSSR count). The molecule has 2 heterocycles. The highest BCUT2D eigenvalue weighted by molar-refractivity contribution is 5.96. The highest BCUT2D eigenvalue weighted by Gasteiger charge is 2.12. The third-order valence-corrected chi connectivity index (χ3v) is 3.64. The summed E-state index contributed by atoms with van der Waals surface area (Å²) in [5, 5.41) is 1.06. The maximum atomic E-state index is 12.8. The smallest absolute Gasteiger partial charge is 0.339 e. The molecule has 0 aliphatic heterocycles. The first-order chi connectivity index (χ1) is 11.0. The second-order valence-electron chi connectivity index (χ2n) is 4.95. The van der Waals surface area contributed by atoms with Gasteiger partial charge >= 0.3 is 11.9 Å². The molecule has 3 aromatic rings. The van der Waals surface area contributed by atoms with Crippen LogP contribution in [0.15, 0.2) is 47.5 Å². The first-order valence-corrected chi connectivity index (χ1v) is 6.80. The number of ether oxygens (including phenoxy) is 2. The molecule has 0 radical (unpaired) electrons. The van der Waals surface area contributed by atoms with Gasteiger partial charge in [-0.25, -0.2) is 9.59 Å². The molecule has 0 amide bonds. The second kappa shape index (κ2) is 5.57. The summed E-state index contributed by atoms with van der Waals surface area (Å²) in [7, 11) is 2.56. The molecule has 0 fully saturated rings. The zero-order valence-electron chi connectivity index (χ0n) is 12.5. The van der Waals surface area contributed by atoms with Crippen molar-refractivity contribution in [3.05, 3.63) is 64.1 Å². The summed E-state index contributed by atoms with van der Waals surface area (Å²) >= 11 is 0. The number of nitrogens with zero attached hydrogens (tertiary/aromatic N) is 1. The number of hydrogen-bond acceptors (Lipinski definition) is 5. The third kappa shape index (κ3) is 2.44. The van der Waals surface area contributed by atoms with Crippen LogP contribution in [0.5, 0.6) is 0 Å². The number of aromatic nitrogens is 1. The van der Waals surface area contributed by atoms with Gasteiger partial charge in [-0.15, -0.1) is 0 Å². The van der Waals surface area contributed by atoms with Crippen molar-refractivity contribution in [3.63, 3.8) is 0 Å². The van der Waals surface area contributed by atoms with Gasteiger partial charge in [0, 0.05) is 17.8 Å². The Hall–Kier alpha value is -3.15. The lowest BCUT2D eigenvalue weighted by molar-refractivity contribution is 0.0592. The second-order valence-corrected chi connectivity index (χ2v) is 4.95. The summed E-state index contributed by atoms with van der Waals surface area (Å²) in [5.74, 6) is -1.03. The lowest BCUT2D eigenvalue weighted by Crippen LogP contribution is -2.04. The Kier molecular flexibility index (Phi) is 3.57. The fraction of sp³-hybridized carbons (Fsp3) is 0.118. The summed E-state index contributed by atoms with van der Waals surface area (Å²) in [6.45, 7) is 0. The van der Waals surface area contributed by atoms with Crippen LogP contribution in [0.2, 0.25) is 0 Å². The Morgan fingerprint density at radius 1 is 0.957 bits per heavy atom. The quantitative estimate of drug-likeness (QED) is 0.677. The highest BCUT2D eigenvalue weighted by atomic mass is 16.5. The van der Waals surface area contributed by atoms with E-state index < -0.39 is 11.9 Å². The number of carbonyl (C=O) groups is 2. The summed E-state index contributed by atoms with van der Waals surface area (Å²) in [5.41, 5.74) is 0.614. The number of methoxy groups -OCH3 is 2. The van der Waals surface area contributed by atoms with Gasteiger partial charge in [0.05, 0.1) is 30.9 Å². The summed E-state index contributed by atoms with van der Waals surface area (Å²) in [6.07, 6.45) is 3.21. The van der Waals surface area contributed by atoms with Crippen LogP contribution in [0.4, 0.5) is 0 Å². The minimum atomic E-state index is -0.518. The normalized spacial score (nSPS) is 10.7. The molecule has 23 heavy (non-hydrogen) atoms. The topological polar surface area (TPSA) is 74.1 Å². The minimum Gasteiger partial charge on any atom is -0.465 e. The predicted octanol–water partition coefficient (Wildman–Crippen LogP) is 2.03. The molecule has 116 valence electrons. The Bertz CT molecular complexity index is 1000. The zero-order valence-corrected chi connectivity index (χ0v) is 12.5. The van der Waals surface area contributed by atoms with Gasteiger partial charge in [0.1, 0.15) is 0 Å². The van der Waals surface area contributed by atoms with Crippen molar-refractivity contribution < 1.29 is 19.1 Å². The summed E-state index contributed by atoms with van der Waals surface area (Å²) in [4.78, 5) is 36.0. The van der Waals surface area contributed by atoms with Gasteiger partial charge in [-0.3, -0.25) is 4.79 Å². The van der Waals surface area contributed by atoms with Crippen molar-refractivity contribution in [1.29, 1.82) is 0 Å². The largest absolute Gasteiger partial charge is 0.465 e. The van der Waals surface area contributed by atoms with E-state index in [0.29, 0.717) is 21.9 Å². The van der Waals surface area contributed by atoms with Crippen LogP contribution >= 0.6 is 0 Å².